The highest BCUT2D eigenvalue weighted by Gasteiger charge is 2.79. The zero-order chi connectivity index (χ0) is 27.9. The smallest absolute Gasteiger partial charge is 0.459 e. The van der Waals surface area contributed by atoms with Crippen molar-refractivity contribution in [2.45, 2.75) is 56.0 Å². The summed E-state index contributed by atoms with van der Waals surface area (Å²) in [6.45, 7) is 3.14. The van der Waals surface area contributed by atoms with Crippen molar-refractivity contribution >= 4 is 25.1 Å². The fourth-order valence-electron chi connectivity index (χ4n) is 4.41. The number of rotatable bonds is 11. The quantitative estimate of drug-likeness (QED) is 0.191. The summed E-state index contributed by atoms with van der Waals surface area (Å²) >= 11 is 0. The standard InChI is InChI=1S/C24H30N5O9P/c1-13(34-3)11-35-23(31)14(2)28-39(33,37-15-7-5-4-6-8-15)38-21-20-24(21,32)19(30)18(36-20)16-9-10-17-22(25)26-12-27-29(16)17/h4-10,12-14,18-21,30,32H,11H2,1-3H3,(H,28,33)(H2,25,26,27)/t13-,14+,18+,19+,20-,21?,24+,39-/m1/s1. The van der Waals surface area contributed by atoms with E-state index in [0.29, 0.717) is 11.2 Å². The molecule has 1 aromatic carbocycles. The number of nitrogen functional groups attached to an aromatic ring is 1. The van der Waals surface area contributed by atoms with Gasteiger partial charge in [0.15, 0.2) is 11.4 Å². The normalized spacial score (nSPS) is 28.8. The third-order valence-electron chi connectivity index (χ3n) is 6.72. The molecule has 1 unspecified atom stereocenters. The molecule has 3 heterocycles. The van der Waals surface area contributed by atoms with Gasteiger partial charge < -0.3 is 34.7 Å². The molecule has 39 heavy (non-hydrogen) atoms. The Balaban J connectivity index is 1.32. The number of hydrogen-bond acceptors (Lipinski definition) is 12. The second-order valence-corrected chi connectivity index (χ2v) is 11.1. The molecule has 0 radical (unpaired) electrons. The molecule has 3 aromatic rings. The van der Waals surface area contributed by atoms with E-state index in [1.54, 1.807) is 49.4 Å². The first-order chi connectivity index (χ1) is 18.6. The number of nitrogens with one attached hydrogen (secondary N) is 1. The summed E-state index contributed by atoms with van der Waals surface area (Å²) in [5, 5.41) is 29.0. The van der Waals surface area contributed by atoms with Crippen LogP contribution < -0.4 is 15.3 Å². The van der Waals surface area contributed by atoms with Gasteiger partial charge in [0.2, 0.25) is 0 Å². The van der Waals surface area contributed by atoms with Gasteiger partial charge in [0.25, 0.3) is 0 Å². The molecule has 0 spiro atoms. The van der Waals surface area contributed by atoms with Crippen LogP contribution in [0.15, 0.2) is 48.8 Å². The maximum atomic E-state index is 13.9. The van der Waals surface area contributed by atoms with Crippen LogP contribution in [0.2, 0.25) is 0 Å². The maximum Gasteiger partial charge on any atom is 0.459 e. The van der Waals surface area contributed by atoms with E-state index in [9.17, 15) is 19.6 Å². The molecule has 2 aliphatic rings. The number of hydrogen-bond donors (Lipinski definition) is 4. The minimum atomic E-state index is -4.32. The number of benzene rings is 1. The van der Waals surface area contributed by atoms with Crippen LogP contribution in [0, 0.1) is 0 Å². The van der Waals surface area contributed by atoms with E-state index in [1.165, 1.54) is 24.9 Å². The zero-order valence-electron chi connectivity index (χ0n) is 21.4. The van der Waals surface area contributed by atoms with Crippen LogP contribution in [0.5, 0.6) is 5.75 Å². The van der Waals surface area contributed by atoms with Crippen molar-refractivity contribution in [1.82, 2.24) is 19.7 Å². The summed E-state index contributed by atoms with van der Waals surface area (Å²) in [4.78, 5) is 16.4. The average molecular weight is 564 g/mol. The van der Waals surface area contributed by atoms with Gasteiger partial charge in [0, 0.05) is 7.11 Å². The Morgan fingerprint density at radius 1 is 1.28 bits per heavy atom. The summed E-state index contributed by atoms with van der Waals surface area (Å²) in [7, 11) is -2.84. The number of methoxy groups -OCH3 is 1. The first-order valence-corrected chi connectivity index (χ1v) is 13.8. The van der Waals surface area contributed by atoms with Crippen LogP contribution in [0.25, 0.3) is 5.52 Å². The number of fused-ring (bicyclic) bond motifs is 2. The van der Waals surface area contributed by atoms with E-state index < -0.39 is 49.8 Å². The van der Waals surface area contributed by atoms with Gasteiger partial charge in [0.05, 0.1) is 11.8 Å². The molecule has 1 aliphatic carbocycles. The van der Waals surface area contributed by atoms with Crippen molar-refractivity contribution in [2.24, 2.45) is 0 Å². The van der Waals surface area contributed by atoms with Crippen LogP contribution in [0.4, 0.5) is 5.82 Å². The van der Waals surface area contributed by atoms with E-state index in [1.807, 2.05) is 0 Å². The molecule has 1 saturated carbocycles. The molecule has 14 nitrogen and oxygen atoms in total. The molecule has 5 N–H and O–H groups in total. The van der Waals surface area contributed by atoms with Crippen LogP contribution in [0.1, 0.15) is 25.6 Å². The molecule has 1 saturated heterocycles. The fraction of sp³-hybridized carbons (Fsp3) is 0.458. The van der Waals surface area contributed by atoms with Gasteiger partial charge in [-0.1, -0.05) is 18.2 Å². The predicted octanol–water partition coefficient (Wildman–Crippen LogP) is 0.985. The lowest BCUT2D eigenvalue weighted by molar-refractivity contribution is -0.148. The monoisotopic (exact) mass is 563 g/mol. The van der Waals surface area contributed by atoms with Gasteiger partial charge >= 0.3 is 13.7 Å². The number of aliphatic hydroxyl groups is 2. The maximum absolute atomic E-state index is 13.9. The molecule has 15 heteroatoms. The molecule has 0 amide bonds. The summed E-state index contributed by atoms with van der Waals surface area (Å²) in [5.74, 6) is -0.286. The van der Waals surface area contributed by atoms with Gasteiger partial charge in [-0.3, -0.25) is 9.32 Å². The van der Waals surface area contributed by atoms with Crippen molar-refractivity contribution in [3.63, 3.8) is 0 Å². The Morgan fingerprint density at radius 2 is 2.03 bits per heavy atom. The van der Waals surface area contributed by atoms with Crippen molar-refractivity contribution in [2.75, 3.05) is 19.5 Å². The van der Waals surface area contributed by atoms with Crippen LogP contribution >= 0.6 is 7.75 Å². The first-order valence-electron chi connectivity index (χ1n) is 12.2. The Morgan fingerprint density at radius 3 is 2.69 bits per heavy atom. The number of esters is 1. The van der Waals surface area contributed by atoms with Crippen molar-refractivity contribution < 1.29 is 42.8 Å². The van der Waals surface area contributed by atoms with E-state index in [-0.39, 0.29) is 24.3 Å². The van der Waals surface area contributed by atoms with Crippen LogP contribution in [-0.2, 0) is 28.1 Å². The molecular formula is C24H30N5O9P. The summed E-state index contributed by atoms with van der Waals surface area (Å²) in [6.07, 6.45) is -3.79. The molecular weight excluding hydrogens is 533 g/mol. The van der Waals surface area contributed by atoms with E-state index in [2.05, 4.69) is 15.2 Å². The van der Waals surface area contributed by atoms with E-state index in [0.717, 1.165) is 0 Å². The Bertz CT molecular complexity index is 1390. The SMILES string of the molecule is CO[C@H](C)COC(=O)[C@H](C)N[P@@](=O)(Oc1ccccc1)OC1[C@H]2O[C@@H](c3ccc4c(N)ncnn34)[C@H](O)[C@@]12O. The lowest BCUT2D eigenvalue weighted by atomic mass is 10.1. The molecule has 2 fully saturated rings. The van der Waals surface area contributed by atoms with E-state index in [4.69, 9.17) is 29.0 Å². The third-order valence-corrected chi connectivity index (χ3v) is 8.38. The van der Waals surface area contributed by atoms with Crippen molar-refractivity contribution in [3.8, 4) is 5.75 Å². The molecule has 2 aromatic heterocycles. The summed E-state index contributed by atoms with van der Waals surface area (Å²) < 4.78 is 42.9. The number of carbonyl (C=O) groups excluding carboxylic acids is 1. The lowest BCUT2D eigenvalue weighted by Gasteiger charge is -2.26. The highest BCUT2D eigenvalue weighted by molar-refractivity contribution is 7.52. The molecule has 8 atom stereocenters. The van der Waals surface area contributed by atoms with Gasteiger partial charge in [0.1, 0.15) is 54.7 Å². The van der Waals surface area contributed by atoms with Crippen LogP contribution in [0.3, 0.4) is 0 Å². The highest BCUT2D eigenvalue weighted by atomic mass is 31.2. The average Bonchev–Trinajstić information content (AvgIpc) is 3.19. The lowest BCUT2D eigenvalue weighted by Crippen LogP contribution is -2.39. The Labute approximate surface area is 223 Å². The summed E-state index contributed by atoms with van der Waals surface area (Å²) in [6, 6.07) is 10.4. The van der Waals surface area contributed by atoms with Gasteiger partial charge in [-0.15, -0.1) is 0 Å². The van der Waals surface area contributed by atoms with Gasteiger partial charge in [-0.2, -0.15) is 10.2 Å². The van der Waals surface area contributed by atoms with Crippen molar-refractivity contribution in [3.05, 3.63) is 54.5 Å². The number of anilines is 1. The predicted molar refractivity (Wildman–Crippen MR) is 136 cm³/mol. The molecule has 210 valence electrons. The van der Waals surface area contributed by atoms with E-state index >= 15 is 0 Å². The molecule has 0 bridgehead atoms. The van der Waals surface area contributed by atoms with Crippen LogP contribution in [-0.4, -0.2) is 80.6 Å². The van der Waals surface area contributed by atoms with Crippen molar-refractivity contribution in [1.29, 1.82) is 0 Å². The molecule has 1 aliphatic heterocycles. The minimum Gasteiger partial charge on any atom is -0.462 e. The fourth-order valence-corrected chi connectivity index (χ4v) is 6.13. The largest absolute Gasteiger partial charge is 0.462 e. The number of ether oxygens (including phenoxy) is 3. The Kier molecular flexibility index (Phi) is 7.37. The molecule has 5 rings (SSSR count). The number of para-hydroxylation sites is 1. The van der Waals surface area contributed by atoms with Gasteiger partial charge in [-0.25, -0.2) is 14.1 Å². The second kappa shape index (κ2) is 10.5. The zero-order valence-corrected chi connectivity index (χ0v) is 22.3. The van der Waals surface area contributed by atoms with Gasteiger partial charge in [-0.05, 0) is 38.1 Å². The number of nitrogens with two attached hydrogens (primary N) is 1. The number of aliphatic hydroxyl groups excluding tert-OH is 1. The number of carbonyl (C=O) groups is 1. The summed E-state index contributed by atoms with van der Waals surface area (Å²) in [5.41, 5.74) is 4.93. The number of nitrogens with zero attached hydrogens (tertiary/aromatic N) is 3. The second-order valence-electron chi connectivity index (χ2n) is 9.46. The third kappa shape index (κ3) is 5.12. The first kappa shape index (κ1) is 27.5. The number of aromatic nitrogens is 3. The topological polar surface area (TPSA) is 189 Å². The Hall–Kier alpha value is -3.10. The minimum absolute atomic E-state index is 0.0110. The highest BCUT2D eigenvalue weighted by Crippen LogP contribution is 2.61.